The van der Waals surface area contributed by atoms with Gasteiger partial charge in [-0.3, -0.25) is 10.1 Å². The minimum atomic E-state index is -0.451. The molecule has 0 aromatic heterocycles. The van der Waals surface area contributed by atoms with E-state index in [-0.39, 0.29) is 5.69 Å². The zero-order valence-corrected chi connectivity index (χ0v) is 10.5. The number of nitrogens with one attached hydrogen (secondary N) is 1. The van der Waals surface area contributed by atoms with Crippen molar-refractivity contribution >= 4 is 11.4 Å². The second-order valence-electron chi connectivity index (χ2n) is 3.92. The summed E-state index contributed by atoms with van der Waals surface area (Å²) in [5.41, 5.74) is 0.795. The van der Waals surface area contributed by atoms with E-state index < -0.39 is 4.92 Å². The van der Waals surface area contributed by atoms with Crippen molar-refractivity contribution in [3.8, 4) is 6.07 Å². The number of nitriles is 1. The van der Waals surface area contributed by atoms with Gasteiger partial charge in [-0.1, -0.05) is 6.92 Å². The molecule has 0 atom stereocenters. The summed E-state index contributed by atoms with van der Waals surface area (Å²) in [6, 6.07) is 6.27. The Labute approximate surface area is 106 Å². The van der Waals surface area contributed by atoms with Crippen LogP contribution in [-0.2, 0) is 0 Å². The lowest BCUT2D eigenvalue weighted by molar-refractivity contribution is -0.384. The van der Waals surface area contributed by atoms with Gasteiger partial charge in [-0.15, -0.1) is 0 Å². The molecule has 0 aliphatic carbocycles. The van der Waals surface area contributed by atoms with Crippen LogP contribution in [0.4, 0.5) is 11.4 Å². The smallest absolute Gasteiger partial charge is 0.292 e. The van der Waals surface area contributed by atoms with Gasteiger partial charge in [0.1, 0.15) is 5.69 Å². The summed E-state index contributed by atoms with van der Waals surface area (Å²) in [5.74, 6) is 0. The number of nitrogens with zero attached hydrogens (tertiary/aromatic N) is 3. The van der Waals surface area contributed by atoms with Crippen LogP contribution in [-0.4, -0.2) is 36.5 Å². The molecule has 6 nitrogen and oxygen atoms in total. The molecule has 1 rings (SSSR count). The molecule has 96 valence electrons. The largest absolute Gasteiger partial charge is 0.378 e. The first-order valence-electron chi connectivity index (χ1n) is 5.69. The van der Waals surface area contributed by atoms with Gasteiger partial charge in [-0.05, 0) is 25.7 Å². The molecule has 0 unspecified atom stereocenters. The molecule has 0 saturated heterocycles. The van der Waals surface area contributed by atoms with Crippen molar-refractivity contribution in [1.29, 1.82) is 5.26 Å². The van der Waals surface area contributed by atoms with E-state index in [4.69, 9.17) is 5.26 Å². The lowest BCUT2D eigenvalue weighted by atomic mass is 10.2. The van der Waals surface area contributed by atoms with Crippen LogP contribution in [0.1, 0.15) is 12.5 Å². The number of hydrogen-bond acceptors (Lipinski definition) is 5. The molecule has 0 saturated carbocycles. The van der Waals surface area contributed by atoms with E-state index in [1.165, 1.54) is 18.2 Å². The van der Waals surface area contributed by atoms with Crippen LogP contribution >= 0.6 is 0 Å². The van der Waals surface area contributed by atoms with Gasteiger partial charge in [0, 0.05) is 19.2 Å². The first kappa shape index (κ1) is 13.9. The Morgan fingerprint density at radius 1 is 1.56 bits per heavy atom. The highest BCUT2D eigenvalue weighted by atomic mass is 16.6. The minimum Gasteiger partial charge on any atom is -0.378 e. The molecule has 1 N–H and O–H groups in total. The second kappa shape index (κ2) is 6.57. The highest BCUT2D eigenvalue weighted by molar-refractivity contribution is 5.64. The summed E-state index contributed by atoms with van der Waals surface area (Å²) in [6.45, 7) is 4.34. The predicted molar refractivity (Wildman–Crippen MR) is 69.5 cm³/mol. The molecule has 0 amide bonds. The average molecular weight is 248 g/mol. The van der Waals surface area contributed by atoms with Crippen LogP contribution in [0.3, 0.4) is 0 Å². The highest BCUT2D eigenvalue weighted by Gasteiger charge is 2.13. The molecule has 0 aliphatic heterocycles. The van der Waals surface area contributed by atoms with E-state index in [0.717, 1.165) is 13.1 Å². The van der Waals surface area contributed by atoms with E-state index in [0.29, 0.717) is 17.8 Å². The number of hydrogen-bond donors (Lipinski definition) is 1. The van der Waals surface area contributed by atoms with Crippen LogP contribution < -0.4 is 5.32 Å². The fourth-order valence-corrected chi connectivity index (χ4v) is 1.45. The third kappa shape index (κ3) is 3.71. The Balaban J connectivity index is 2.79. The maximum absolute atomic E-state index is 10.8. The first-order chi connectivity index (χ1) is 8.58. The average Bonchev–Trinajstić information content (AvgIpc) is 2.37. The summed E-state index contributed by atoms with van der Waals surface area (Å²) in [6.07, 6.45) is 0. The fraction of sp³-hybridized carbons (Fsp3) is 0.417. The molecule has 6 heteroatoms. The third-order valence-electron chi connectivity index (χ3n) is 2.67. The van der Waals surface area contributed by atoms with Gasteiger partial charge in [0.2, 0.25) is 0 Å². The number of anilines is 1. The van der Waals surface area contributed by atoms with E-state index in [9.17, 15) is 10.1 Å². The summed E-state index contributed by atoms with van der Waals surface area (Å²) in [4.78, 5) is 12.5. The van der Waals surface area contributed by atoms with E-state index >= 15 is 0 Å². The highest BCUT2D eigenvalue weighted by Crippen LogP contribution is 2.24. The summed E-state index contributed by atoms with van der Waals surface area (Å²) >= 11 is 0. The van der Waals surface area contributed by atoms with Crippen LogP contribution in [0, 0.1) is 21.4 Å². The lowest BCUT2D eigenvalue weighted by Gasteiger charge is -2.14. The molecule has 1 aromatic carbocycles. The van der Waals surface area contributed by atoms with E-state index in [1.54, 1.807) is 0 Å². The summed E-state index contributed by atoms with van der Waals surface area (Å²) in [5, 5.41) is 22.6. The number of rotatable bonds is 6. The van der Waals surface area contributed by atoms with Crippen LogP contribution in [0.15, 0.2) is 18.2 Å². The zero-order chi connectivity index (χ0) is 13.5. The van der Waals surface area contributed by atoms with Gasteiger partial charge < -0.3 is 10.2 Å². The maximum atomic E-state index is 10.8. The number of likely N-dealkylation sites (N-methyl/N-ethyl adjacent to an activating group) is 1. The minimum absolute atomic E-state index is 0.00634. The zero-order valence-electron chi connectivity index (χ0n) is 10.5. The van der Waals surface area contributed by atoms with Crippen molar-refractivity contribution in [3.05, 3.63) is 33.9 Å². The second-order valence-corrected chi connectivity index (χ2v) is 3.92. The van der Waals surface area contributed by atoms with Crippen molar-refractivity contribution in [2.45, 2.75) is 6.92 Å². The van der Waals surface area contributed by atoms with Crippen LogP contribution in [0.25, 0.3) is 0 Å². The van der Waals surface area contributed by atoms with Crippen molar-refractivity contribution in [1.82, 2.24) is 4.90 Å². The molecule has 18 heavy (non-hydrogen) atoms. The van der Waals surface area contributed by atoms with Gasteiger partial charge in [0.15, 0.2) is 0 Å². The van der Waals surface area contributed by atoms with Crippen molar-refractivity contribution in [3.63, 3.8) is 0 Å². The molecule has 0 heterocycles. The predicted octanol–water partition coefficient (Wildman–Crippen LogP) is 1.83. The van der Waals surface area contributed by atoms with E-state index in [2.05, 4.69) is 10.2 Å². The van der Waals surface area contributed by atoms with Gasteiger partial charge >= 0.3 is 0 Å². The maximum Gasteiger partial charge on any atom is 0.292 e. The Bertz CT molecular complexity index is 468. The molecule has 0 bridgehead atoms. The molecule has 0 aliphatic rings. The first-order valence-corrected chi connectivity index (χ1v) is 5.69. The van der Waals surface area contributed by atoms with Crippen molar-refractivity contribution in [2.75, 3.05) is 32.0 Å². The van der Waals surface area contributed by atoms with Gasteiger partial charge in [0.25, 0.3) is 5.69 Å². The molecule has 0 spiro atoms. The number of nitro groups is 1. The Morgan fingerprint density at radius 3 is 2.83 bits per heavy atom. The van der Waals surface area contributed by atoms with Gasteiger partial charge in [-0.25, -0.2) is 0 Å². The summed E-state index contributed by atoms with van der Waals surface area (Å²) < 4.78 is 0. The molecule has 0 fully saturated rings. The normalized spacial score (nSPS) is 10.1. The van der Waals surface area contributed by atoms with Crippen molar-refractivity contribution < 1.29 is 4.92 Å². The number of benzene rings is 1. The summed E-state index contributed by atoms with van der Waals surface area (Å²) in [7, 11) is 1.97. The fourth-order valence-electron chi connectivity index (χ4n) is 1.45. The lowest BCUT2D eigenvalue weighted by Crippen LogP contribution is -2.24. The topological polar surface area (TPSA) is 82.2 Å². The van der Waals surface area contributed by atoms with Gasteiger partial charge in [-0.2, -0.15) is 5.26 Å². The Morgan fingerprint density at radius 2 is 2.28 bits per heavy atom. The standard InChI is InChI=1S/C12H16N4O2/c1-3-15(2)7-6-14-11-8-10(9-13)4-5-12(11)16(17)18/h4-5,8,14H,3,6-7H2,1-2H3. The molecular weight excluding hydrogens is 232 g/mol. The number of nitro benzene ring substituents is 1. The molecule has 1 aromatic rings. The Kier molecular flexibility index (Phi) is 5.08. The molecular formula is C12H16N4O2. The Hall–Kier alpha value is -2.13. The SMILES string of the molecule is CCN(C)CCNc1cc(C#N)ccc1[N+](=O)[O-]. The quantitative estimate of drug-likeness (QED) is 0.613. The van der Waals surface area contributed by atoms with Crippen LogP contribution in [0.5, 0.6) is 0 Å². The third-order valence-corrected chi connectivity index (χ3v) is 2.67. The van der Waals surface area contributed by atoms with Gasteiger partial charge in [0.05, 0.1) is 16.6 Å². The van der Waals surface area contributed by atoms with Crippen LogP contribution in [0.2, 0.25) is 0 Å². The van der Waals surface area contributed by atoms with Crippen molar-refractivity contribution in [2.24, 2.45) is 0 Å². The van der Waals surface area contributed by atoms with E-state index in [1.807, 2.05) is 20.0 Å². The molecule has 0 radical (unpaired) electrons. The monoisotopic (exact) mass is 248 g/mol.